The van der Waals surface area contributed by atoms with Gasteiger partial charge in [-0.3, -0.25) is 4.57 Å². The summed E-state index contributed by atoms with van der Waals surface area (Å²) in [6.45, 7) is -0.544. The Balaban J connectivity index is 1.59. The van der Waals surface area contributed by atoms with Crippen LogP contribution in [0, 0.1) is 0 Å². The predicted molar refractivity (Wildman–Crippen MR) is 121 cm³/mol. The molecule has 0 radical (unpaired) electrons. The molecule has 0 saturated carbocycles. The first-order valence-electron chi connectivity index (χ1n) is 10.3. The Morgan fingerprint density at radius 3 is 2.59 bits per heavy atom. The second-order valence-electron chi connectivity index (χ2n) is 7.80. The minimum absolute atomic E-state index is 0.0886. The number of benzene rings is 1. The highest BCUT2D eigenvalue weighted by Gasteiger charge is 2.44. The number of rotatable bonds is 9. The van der Waals surface area contributed by atoms with E-state index in [9.17, 15) is 19.9 Å². The van der Waals surface area contributed by atoms with Gasteiger partial charge in [0.25, 0.3) is 0 Å². The summed E-state index contributed by atoms with van der Waals surface area (Å²) in [5.74, 6) is 0.353. The molecule has 14 heteroatoms. The number of hydrogen-bond donors (Lipinski definition) is 6. The summed E-state index contributed by atoms with van der Waals surface area (Å²) in [6, 6.07) is 10.5. The third-order valence-corrected chi connectivity index (χ3v) is 6.08. The standard InChI is InChI=1S/C20H24ClN4O8P/c21-20-23-17(22-13(8-26)11-4-2-1-3-5-11)12-6-7-25(18(12)24-20)19-16(28)15(27)14(33-19)9-32-10-34(29,30)31/h1-7,13-16,19,26-28H,8-10H2,(H,22,23,24)(H2,29,30,31)/t13-,14+,15+,16+,19+/m0/s1. The van der Waals surface area contributed by atoms with Gasteiger partial charge >= 0.3 is 7.60 Å². The van der Waals surface area contributed by atoms with Crippen LogP contribution in [0.3, 0.4) is 0 Å². The minimum atomic E-state index is -4.38. The summed E-state index contributed by atoms with van der Waals surface area (Å²) in [7, 11) is -4.38. The topological polar surface area (TPSA) is 179 Å². The molecule has 0 bridgehead atoms. The lowest BCUT2D eigenvalue weighted by molar-refractivity contribution is -0.0610. The van der Waals surface area contributed by atoms with Crippen molar-refractivity contribution in [3.05, 3.63) is 53.4 Å². The van der Waals surface area contributed by atoms with Gasteiger partial charge in [-0.25, -0.2) is 4.98 Å². The summed E-state index contributed by atoms with van der Waals surface area (Å²) in [5, 5.41) is 34.4. The fourth-order valence-corrected chi connectivity index (χ4v) is 4.30. The van der Waals surface area contributed by atoms with Gasteiger partial charge in [0.2, 0.25) is 5.28 Å². The van der Waals surface area contributed by atoms with Crippen molar-refractivity contribution in [2.24, 2.45) is 0 Å². The Kier molecular flexibility index (Phi) is 7.53. The SMILES string of the molecule is O=P(O)(O)COC[C@H]1O[C@@H](n2ccc3c(N[C@@H](CO)c4ccccc4)nc(Cl)nc32)[C@H](O)[C@@H]1O. The average Bonchev–Trinajstić information content (AvgIpc) is 3.33. The number of fused-ring (bicyclic) bond motifs is 1. The van der Waals surface area contributed by atoms with E-state index in [0.29, 0.717) is 16.9 Å². The van der Waals surface area contributed by atoms with E-state index in [1.54, 1.807) is 12.3 Å². The molecule has 0 spiro atoms. The molecule has 0 unspecified atom stereocenters. The van der Waals surface area contributed by atoms with Gasteiger partial charge in [0, 0.05) is 6.20 Å². The number of nitrogens with zero attached hydrogens (tertiary/aromatic N) is 3. The van der Waals surface area contributed by atoms with Crippen molar-refractivity contribution in [2.45, 2.75) is 30.6 Å². The van der Waals surface area contributed by atoms with Gasteiger partial charge in [-0.1, -0.05) is 30.3 Å². The number of aliphatic hydroxyl groups is 3. The van der Waals surface area contributed by atoms with Crippen LogP contribution < -0.4 is 5.32 Å². The van der Waals surface area contributed by atoms with E-state index in [1.165, 1.54) is 4.57 Å². The highest BCUT2D eigenvalue weighted by Crippen LogP contribution is 2.37. The van der Waals surface area contributed by atoms with Crippen LogP contribution in [0.2, 0.25) is 5.28 Å². The highest BCUT2D eigenvalue weighted by molar-refractivity contribution is 7.51. The Bertz CT molecular complexity index is 1180. The largest absolute Gasteiger partial charge is 0.394 e. The number of ether oxygens (including phenoxy) is 2. The molecule has 34 heavy (non-hydrogen) atoms. The summed E-state index contributed by atoms with van der Waals surface area (Å²) in [4.78, 5) is 26.3. The first kappa shape index (κ1) is 25.0. The van der Waals surface area contributed by atoms with Crippen LogP contribution >= 0.6 is 19.2 Å². The van der Waals surface area contributed by atoms with Crippen molar-refractivity contribution >= 4 is 36.0 Å². The Hall–Kier alpha value is -2.12. The second kappa shape index (κ2) is 10.2. The quantitative estimate of drug-likeness (QED) is 0.177. The van der Waals surface area contributed by atoms with Crippen molar-refractivity contribution in [1.82, 2.24) is 14.5 Å². The molecule has 6 N–H and O–H groups in total. The third-order valence-electron chi connectivity index (χ3n) is 5.39. The van der Waals surface area contributed by atoms with Crippen molar-refractivity contribution in [1.29, 1.82) is 0 Å². The number of aliphatic hydroxyl groups excluding tert-OH is 3. The molecule has 2 aromatic heterocycles. The van der Waals surface area contributed by atoms with Crippen molar-refractivity contribution in [2.75, 3.05) is 24.9 Å². The maximum absolute atomic E-state index is 11.0. The van der Waals surface area contributed by atoms with E-state index < -0.39 is 44.5 Å². The molecule has 5 atom stereocenters. The van der Waals surface area contributed by atoms with Crippen LogP contribution in [0.5, 0.6) is 0 Å². The Morgan fingerprint density at radius 1 is 1.18 bits per heavy atom. The van der Waals surface area contributed by atoms with Crippen LogP contribution in [-0.4, -0.2) is 77.5 Å². The molecular weight excluding hydrogens is 491 g/mol. The first-order chi connectivity index (χ1) is 16.2. The third kappa shape index (κ3) is 5.41. The van der Waals surface area contributed by atoms with Crippen LogP contribution in [0.15, 0.2) is 42.6 Å². The molecule has 1 aliphatic rings. The molecule has 12 nitrogen and oxygen atoms in total. The highest BCUT2D eigenvalue weighted by atomic mass is 35.5. The Morgan fingerprint density at radius 2 is 1.91 bits per heavy atom. The fraction of sp³-hybridized carbons (Fsp3) is 0.400. The van der Waals surface area contributed by atoms with E-state index in [4.69, 9.17) is 30.9 Å². The summed E-state index contributed by atoms with van der Waals surface area (Å²) >= 11 is 6.15. The summed E-state index contributed by atoms with van der Waals surface area (Å²) in [5.41, 5.74) is 1.14. The van der Waals surface area contributed by atoms with Crippen LogP contribution in [0.1, 0.15) is 17.8 Å². The lowest BCUT2D eigenvalue weighted by Crippen LogP contribution is -2.33. The maximum atomic E-state index is 11.0. The zero-order valence-corrected chi connectivity index (χ0v) is 19.3. The molecule has 3 aromatic rings. The lowest BCUT2D eigenvalue weighted by Gasteiger charge is -2.19. The fourth-order valence-electron chi connectivity index (χ4n) is 3.79. The molecule has 1 saturated heterocycles. The molecular formula is C20H24ClN4O8P. The summed E-state index contributed by atoms with van der Waals surface area (Å²) < 4.78 is 23.1. The van der Waals surface area contributed by atoms with Crippen molar-refractivity contribution < 1.29 is 39.1 Å². The molecule has 0 amide bonds. The average molecular weight is 515 g/mol. The van der Waals surface area contributed by atoms with Crippen molar-refractivity contribution in [3.63, 3.8) is 0 Å². The smallest absolute Gasteiger partial charge is 0.350 e. The monoisotopic (exact) mass is 514 g/mol. The molecule has 184 valence electrons. The van der Waals surface area contributed by atoms with E-state index >= 15 is 0 Å². The molecule has 1 aromatic carbocycles. The number of anilines is 1. The van der Waals surface area contributed by atoms with Gasteiger partial charge in [0.05, 0.1) is 24.6 Å². The number of aromatic nitrogens is 3. The van der Waals surface area contributed by atoms with Gasteiger partial charge in [-0.2, -0.15) is 4.98 Å². The van der Waals surface area contributed by atoms with Gasteiger partial charge in [0.15, 0.2) is 6.23 Å². The second-order valence-corrected chi connectivity index (χ2v) is 9.73. The van der Waals surface area contributed by atoms with Gasteiger partial charge in [-0.05, 0) is 23.2 Å². The van der Waals surface area contributed by atoms with E-state index in [2.05, 4.69) is 15.3 Å². The Labute approximate surface area is 198 Å². The van der Waals surface area contributed by atoms with Crippen LogP contribution in [0.4, 0.5) is 5.82 Å². The van der Waals surface area contributed by atoms with Gasteiger partial charge in [-0.15, -0.1) is 0 Å². The normalized spacial score (nSPS) is 23.9. The van der Waals surface area contributed by atoms with E-state index in [1.807, 2.05) is 30.3 Å². The molecule has 3 heterocycles. The molecule has 0 aliphatic carbocycles. The summed E-state index contributed by atoms with van der Waals surface area (Å²) in [6.07, 6.45) is -4.10. The van der Waals surface area contributed by atoms with Gasteiger partial charge in [0.1, 0.15) is 36.1 Å². The lowest BCUT2D eigenvalue weighted by atomic mass is 10.1. The van der Waals surface area contributed by atoms with E-state index in [0.717, 1.165) is 5.56 Å². The zero-order valence-electron chi connectivity index (χ0n) is 17.7. The van der Waals surface area contributed by atoms with Crippen molar-refractivity contribution in [3.8, 4) is 0 Å². The zero-order chi connectivity index (χ0) is 24.5. The predicted octanol–water partition coefficient (Wildman–Crippen LogP) is 1.00. The molecule has 1 fully saturated rings. The van der Waals surface area contributed by atoms with Crippen LogP contribution in [0.25, 0.3) is 11.0 Å². The molecule has 4 rings (SSSR count). The van der Waals surface area contributed by atoms with Crippen LogP contribution in [-0.2, 0) is 14.0 Å². The first-order valence-corrected chi connectivity index (χ1v) is 12.5. The van der Waals surface area contributed by atoms with Gasteiger partial charge < -0.3 is 44.5 Å². The minimum Gasteiger partial charge on any atom is -0.394 e. The number of nitrogens with one attached hydrogen (secondary N) is 1. The number of hydrogen-bond acceptors (Lipinski definition) is 9. The van der Waals surface area contributed by atoms with E-state index in [-0.39, 0.29) is 18.5 Å². The number of halogens is 1. The molecule has 1 aliphatic heterocycles. The maximum Gasteiger partial charge on any atom is 0.350 e.